The Morgan fingerprint density at radius 1 is 1.13 bits per heavy atom. The van der Waals surface area contributed by atoms with Gasteiger partial charge in [-0.1, -0.05) is 0 Å². The van der Waals surface area contributed by atoms with E-state index in [1.165, 1.54) is 21.0 Å². The van der Waals surface area contributed by atoms with Crippen molar-refractivity contribution in [3.05, 3.63) is 15.3 Å². The summed E-state index contributed by atoms with van der Waals surface area (Å²) in [6, 6.07) is 0. The molecule has 1 saturated heterocycles. The fourth-order valence-electron chi connectivity index (χ4n) is 3.26. The first kappa shape index (κ1) is 16.7. The number of hydrogen-bond acceptors (Lipinski definition) is 5. The Labute approximate surface area is 141 Å². The molecule has 0 N–H and O–H groups in total. The highest BCUT2D eigenvalue weighted by atomic mass is 32.2. The van der Waals surface area contributed by atoms with Gasteiger partial charge < -0.3 is 9.64 Å². The lowest BCUT2D eigenvalue weighted by Gasteiger charge is -2.33. The summed E-state index contributed by atoms with van der Waals surface area (Å²) in [5.74, 6) is 0.703. The Kier molecular flexibility index (Phi) is 4.66. The quantitative estimate of drug-likeness (QED) is 0.818. The summed E-state index contributed by atoms with van der Waals surface area (Å²) in [7, 11) is -1.56. The predicted molar refractivity (Wildman–Crippen MR) is 89.8 cm³/mol. The van der Waals surface area contributed by atoms with E-state index in [1.807, 2.05) is 0 Å². The molecule has 3 rings (SSSR count). The normalized spacial score (nSPS) is 19.5. The van der Waals surface area contributed by atoms with E-state index in [1.54, 1.807) is 23.3 Å². The molecule has 0 saturated carbocycles. The molecular weight excluding hydrogens is 336 g/mol. The molecule has 1 amide bonds. The molecule has 2 heterocycles. The van der Waals surface area contributed by atoms with Crippen LogP contribution in [0.25, 0.3) is 0 Å². The van der Waals surface area contributed by atoms with Crippen molar-refractivity contribution in [3.63, 3.8) is 0 Å². The van der Waals surface area contributed by atoms with Gasteiger partial charge in [0.2, 0.25) is 10.0 Å². The Balaban J connectivity index is 1.78. The maximum Gasteiger partial charge on any atom is 0.267 e. The van der Waals surface area contributed by atoms with Crippen molar-refractivity contribution in [3.8, 4) is 5.75 Å². The number of rotatable bonds is 3. The number of nitrogens with zero attached hydrogens (tertiary/aromatic N) is 2. The number of sulfonamides is 1. The topological polar surface area (TPSA) is 66.9 Å². The third kappa shape index (κ3) is 3.25. The van der Waals surface area contributed by atoms with Gasteiger partial charge in [0.1, 0.15) is 10.6 Å². The van der Waals surface area contributed by atoms with Gasteiger partial charge >= 0.3 is 0 Å². The average molecular weight is 358 g/mol. The number of amides is 1. The number of piperazine rings is 1. The maximum absolute atomic E-state index is 12.8. The molecule has 2 aliphatic rings. The highest BCUT2D eigenvalue weighted by molar-refractivity contribution is 7.88. The SMILES string of the molecule is COc1c(C(=O)N2CCN(S(C)(=O)=O)CC2)sc2c1CCCC2. The van der Waals surface area contributed by atoms with Gasteiger partial charge in [0.05, 0.1) is 13.4 Å². The number of hydrogen-bond donors (Lipinski definition) is 0. The van der Waals surface area contributed by atoms with E-state index in [-0.39, 0.29) is 5.91 Å². The van der Waals surface area contributed by atoms with E-state index >= 15 is 0 Å². The first-order valence-electron chi connectivity index (χ1n) is 7.84. The smallest absolute Gasteiger partial charge is 0.267 e. The zero-order valence-corrected chi connectivity index (χ0v) is 15.1. The Hall–Kier alpha value is -1.12. The van der Waals surface area contributed by atoms with E-state index < -0.39 is 10.0 Å². The molecule has 8 heteroatoms. The van der Waals surface area contributed by atoms with Gasteiger partial charge in [-0.25, -0.2) is 8.42 Å². The second kappa shape index (κ2) is 6.41. The first-order valence-corrected chi connectivity index (χ1v) is 10.5. The van der Waals surface area contributed by atoms with Crippen LogP contribution in [0.3, 0.4) is 0 Å². The van der Waals surface area contributed by atoms with E-state index in [0.717, 1.165) is 31.4 Å². The van der Waals surface area contributed by atoms with E-state index in [2.05, 4.69) is 0 Å². The molecule has 0 unspecified atom stereocenters. The van der Waals surface area contributed by atoms with Crippen molar-refractivity contribution in [1.82, 2.24) is 9.21 Å². The summed E-state index contributed by atoms with van der Waals surface area (Å²) in [6.07, 6.45) is 5.51. The van der Waals surface area contributed by atoms with Crippen molar-refractivity contribution in [2.45, 2.75) is 25.7 Å². The van der Waals surface area contributed by atoms with Gasteiger partial charge in [-0.05, 0) is 25.7 Å². The minimum Gasteiger partial charge on any atom is -0.495 e. The average Bonchev–Trinajstić information content (AvgIpc) is 2.92. The second-order valence-electron chi connectivity index (χ2n) is 6.03. The van der Waals surface area contributed by atoms with Gasteiger partial charge in [0.15, 0.2) is 0 Å². The number of methoxy groups -OCH3 is 1. The number of ether oxygens (including phenoxy) is 1. The lowest BCUT2D eigenvalue weighted by molar-refractivity contribution is 0.0700. The molecule has 1 aliphatic carbocycles. The van der Waals surface area contributed by atoms with E-state index in [9.17, 15) is 13.2 Å². The fraction of sp³-hybridized carbons (Fsp3) is 0.667. The highest BCUT2D eigenvalue weighted by Gasteiger charge is 2.31. The molecule has 1 aromatic heterocycles. The first-order chi connectivity index (χ1) is 10.9. The number of aryl methyl sites for hydroxylation is 1. The van der Waals surface area contributed by atoms with Crippen LogP contribution in [0, 0.1) is 0 Å². The highest BCUT2D eigenvalue weighted by Crippen LogP contribution is 2.40. The minimum atomic E-state index is -3.18. The second-order valence-corrected chi connectivity index (χ2v) is 9.12. The van der Waals surface area contributed by atoms with E-state index in [4.69, 9.17) is 4.74 Å². The number of carbonyl (C=O) groups is 1. The number of carbonyl (C=O) groups excluding carboxylic acids is 1. The fourth-order valence-corrected chi connectivity index (χ4v) is 5.41. The van der Waals surface area contributed by atoms with Crippen LogP contribution in [0.15, 0.2) is 0 Å². The third-order valence-corrected chi connectivity index (χ3v) is 7.08. The van der Waals surface area contributed by atoms with Crippen molar-refractivity contribution in [2.24, 2.45) is 0 Å². The lowest BCUT2D eigenvalue weighted by atomic mass is 9.98. The van der Waals surface area contributed by atoms with Crippen LogP contribution in [-0.4, -0.2) is 63.1 Å². The summed E-state index contributed by atoms with van der Waals surface area (Å²) < 4.78 is 30.1. The molecule has 1 aromatic rings. The van der Waals surface area contributed by atoms with Gasteiger partial charge in [0.25, 0.3) is 5.91 Å². The van der Waals surface area contributed by atoms with Crippen LogP contribution in [0.5, 0.6) is 5.75 Å². The van der Waals surface area contributed by atoms with Gasteiger partial charge in [-0.15, -0.1) is 11.3 Å². The molecule has 0 aromatic carbocycles. The predicted octanol–water partition coefficient (Wildman–Crippen LogP) is 1.35. The number of fused-ring (bicyclic) bond motifs is 1. The van der Waals surface area contributed by atoms with Crippen molar-refractivity contribution in [2.75, 3.05) is 39.5 Å². The van der Waals surface area contributed by atoms with Crippen LogP contribution in [0.4, 0.5) is 0 Å². The molecule has 0 radical (unpaired) electrons. The summed E-state index contributed by atoms with van der Waals surface area (Å²) >= 11 is 1.55. The molecule has 0 bridgehead atoms. The largest absolute Gasteiger partial charge is 0.495 e. The van der Waals surface area contributed by atoms with Gasteiger partial charge in [0, 0.05) is 36.6 Å². The molecule has 23 heavy (non-hydrogen) atoms. The molecule has 1 aliphatic heterocycles. The zero-order chi connectivity index (χ0) is 16.6. The number of thiophene rings is 1. The molecular formula is C15H22N2O4S2. The summed E-state index contributed by atoms with van der Waals surface area (Å²) in [4.78, 5) is 16.5. The molecule has 6 nitrogen and oxygen atoms in total. The van der Waals surface area contributed by atoms with E-state index in [0.29, 0.717) is 31.1 Å². The maximum atomic E-state index is 12.8. The van der Waals surface area contributed by atoms with Gasteiger partial charge in [-0.2, -0.15) is 4.31 Å². The standard InChI is InChI=1S/C15H22N2O4S2/c1-21-13-11-5-3-4-6-12(11)22-14(13)15(18)16-7-9-17(10-8-16)23(2,19)20/h3-10H2,1-2H3. The molecule has 128 valence electrons. The minimum absolute atomic E-state index is 0.0330. The van der Waals surface area contributed by atoms with Crippen LogP contribution in [0.1, 0.15) is 33.0 Å². The van der Waals surface area contributed by atoms with Crippen molar-refractivity contribution >= 4 is 27.3 Å². The molecule has 1 fully saturated rings. The lowest BCUT2D eigenvalue weighted by Crippen LogP contribution is -2.50. The van der Waals surface area contributed by atoms with Crippen LogP contribution < -0.4 is 4.74 Å². The monoisotopic (exact) mass is 358 g/mol. The van der Waals surface area contributed by atoms with Crippen LogP contribution in [-0.2, 0) is 22.9 Å². The van der Waals surface area contributed by atoms with Crippen LogP contribution in [0.2, 0.25) is 0 Å². The van der Waals surface area contributed by atoms with Crippen LogP contribution >= 0.6 is 11.3 Å². The summed E-state index contributed by atoms with van der Waals surface area (Å²) in [5, 5.41) is 0. The summed E-state index contributed by atoms with van der Waals surface area (Å²) in [5.41, 5.74) is 1.20. The third-order valence-electron chi connectivity index (χ3n) is 4.52. The van der Waals surface area contributed by atoms with Gasteiger partial charge in [-0.3, -0.25) is 4.79 Å². The van der Waals surface area contributed by atoms with Crippen molar-refractivity contribution in [1.29, 1.82) is 0 Å². The Bertz CT molecular complexity index is 703. The molecule has 0 spiro atoms. The van der Waals surface area contributed by atoms with Crippen molar-refractivity contribution < 1.29 is 17.9 Å². The Morgan fingerprint density at radius 3 is 2.39 bits per heavy atom. The molecule has 0 atom stereocenters. The zero-order valence-electron chi connectivity index (χ0n) is 13.5. The summed E-state index contributed by atoms with van der Waals surface area (Å²) in [6.45, 7) is 1.57. The Morgan fingerprint density at radius 2 is 1.78 bits per heavy atom.